The molecule has 0 aliphatic heterocycles. The molecule has 6 nitrogen and oxygen atoms in total. The molecule has 1 amide bonds. The van der Waals surface area contributed by atoms with Gasteiger partial charge in [0.1, 0.15) is 5.00 Å². The van der Waals surface area contributed by atoms with Crippen LogP contribution in [0.5, 0.6) is 0 Å². The van der Waals surface area contributed by atoms with Crippen molar-refractivity contribution in [2.75, 3.05) is 18.5 Å². The molecular formula is C15H21NO5S. The molecule has 0 unspecified atom stereocenters. The van der Waals surface area contributed by atoms with Crippen LogP contribution in [-0.2, 0) is 9.47 Å². The smallest absolute Gasteiger partial charge is 0.412 e. The predicted molar refractivity (Wildman–Crippen MR) is 84.9 cm³/mol. The molecule has 1 aromatic rings. The second-order valence-corrected chi connectivity index (χ2v) is 5.67. The fraction of sp³-hybridized carbons (Fsp3) is 0.533. The van der Waals surface area contributed by atoms with E-state index in [0.717, 1.165) is 24.2 Å². The first kappa shape index (κ1) is 18.2. The normalized spacial score (nSPS) is 10.2. The Morgan fingerprint density at radius 2 is 1.86 bits per heavy atom. The number of hydrogen-bond donors (Lipinski definition) is 1. The number of unbranched alkanes of at least 4 members (excludes halogenated alkanes) is 1. The number of amides is 1. The Morgan fingerprint density at radius 1 is 1.18 bits per heavy atom. The summed E-state index contributed by atoms with van der Waals surface area (Å²) in [5.41, 5.74) is 0.726. The van der Waals surface area contributed by atoms with Gasteiger partial charge in [-0.05, 0) is 32.8 Å². The number of ketones is 1. The van der Waals surface area contributed by atoms with E-state index in [0.29, 0.717) is 17.0 Å². The number of carbonyl (C=O) groups is 3. The maximum atomic E-state index is 12.0. The van der Waals surface area contributed by atoms with Crippen molar-refractivity contribution in [3.05, 3.63) is 16.0 Å². The lowest BCUT2D eigenvalue weighted by molar-refractivity contribution is 0.0527. The minimum Gasteiger partial charge on any atom is -0.462 e. The van der Waals surface area contributed by atoms with E-state index >= 15 is 0 Å². The third-order valence-electron chi connectivity index (χ3n) is 2.89. The number of anilines is 1. The zero-order chi connectivity index (χ0) is 16.7. The highest BCUT2D eigenvalue weighted by molar-refractivity contribution is 7.18. The summed E-state index contributed by atoms with van der Waals surface area (Å²) in [5, 5.41) is 2.81. The molecule has 0 saturated carbocycles. The van der Waals surface area contributed by atoms with E-state index < -0.39 is 12.1 Å². The number of rotatable bonds is 7. The summed E-state index contributed by atoms with van der Waals surface area (Å²) in [6, 6.07) is 0. The number of thiophene rings is 1. The first-order valence-electron chi connectivity index (χ1n) is 7.17. The van der Waals surface area contributed by atoms with Crippen LogP contribution in [-0.4, -0.2) is 31.1 Å². The summed E-state index contributed by atoms with van der Waals surface area (Å²) in [6.45, 7) is 7.27. The zero-order valence-electron chi connectivity index (χ0n) is 13.3. The van der Waals surface area contributed by atoms with Crippen LogP contribution in [0.2, 0.25) is 0 Å². The molecule has 1 N–H and O–H groups in total. The topological polar surface area (TPSA) is 81.7 Å². The highest BCUT2D eigenvalue weighted by Crippen LogP contribution is 2.34. The minimum atomic E-state index is -0.643. The van der Waals surface area contributed by atoms with Gasteiger partial charge in [0.2, 0.25) is 0 Å². The van der Waals surface area contributed by atoms with Crippen LogP contribution in [0.15, 0.2) is 0 Å². The maximum absolute atomic E-state index is 12.0. The monoisotopic (exact) mass is 327 g/mol. The molecule has 0 aliphatic carbocycles. The summed E-state index contributed by atoms with van der Waals surface area (Å²) < 4.78 is 10.00. The van der Waals surface area contributed by atoms with Crippen molar-refractivity contribution < 1.29 is 23.9 Å². The molecule has 122 valence electrons. The Morgan fingerprint density at radius 3 is 2.41 bits per heavy atom. The van der Waals surface area contributed by atoms with E-state index in [1.165, 1.54) is 6.92 Å². The molecule has 1 heterocycles. The second-order valence-electron chi connectivity index (χ2n) is 4.65. The van der Waals surface area contributed by atoms with Gasteiger partial charge >= 0.3 is 12.1 Å². The average molecular weight is 327 g/mol. The van der Waals surface area contributed by atoms with Crippen LogP contribution in [0.3, 0.4) is 0 Å². The van der Waals surface area contributed by atoms with Gasteiger partial charge in [-0.3, -0.25) is 10.1 Å². The molecule has 22 heavy (non-hydrogen) atoms. The van der Waals surface area contributed by atoms with Crippen LogP contribution < -0.4 is 5.32 Å². The van der Waals surface area contributed by atoms with Gasteiger partial charge in [0, 0.05) is 0 Å². The predicted octanol–water partition coefficient (Wildman–Crippen LogP) is 3.78. The molecule has 0 bridgehead atoms. The Labute approximate surface area is 133 Å². The Balaban J connectivity index is 3.01. The van der Waals surface area contributed by atoms with Gasteiger partial charge in [0.25, 0.3) is 0 Å². The molecule has 1 rings (SSSR count). The summed E-state index contributed by atoms with van der Waals surface area (Å²) >= 11 is 1.05. The summed E-state index contributed by atoms with van der Waals surface area (Å²) in [5.74, 6) is -0.729. The van der Waals surface area contributed by atoms with Crippen LogP contribution in [0.25, 0.3) is 0 Å². The van der Waals surface area contributed by atoms with Gasteiger partial charge in [-0.2, -0.15) is 0 Å². The molecule has 0 spiro atoms. The molecule has 1 aromatic heterocycles. The molecular weight excluding hydrogens is 306 g/mol. The van der Waals surface area contributed by atoms with Crippen molar-refractivity contribution in [3.63, 3.8) is 0 Å². The summed E-state index contributed by atoms with van der Waals surface area (Å²) in [7, 11) is 0. The third-order valence-corrected chi connectivity index (χ3v) is 4.20. The summed E-state index contributed by atoms with van der Waals surface area (Å²) in [4.78, 5) is 35.8. The van der Waals surface area contributed by atoms with E-state index in [9.17, 15) is 14.4 Å². The van der Waals surface area contributed by atoms with Gasteiger partial charge in [-0.15, -0.1) is 11.3 Å². The number of esters is 1. The quantitative estimate of drug-likeness (QED) is 0.468. The van der Waals surface area contributed by atoms with E-state index in [-0.39, 0.29) is 23.0 Å². The van der Waals surface area contributed by atoms with Crippen LogP contribution in [0.1, 0.15) is 59.2 Å². The zero-order valence-corrected chi connectivity index (χ0v) is 14.1. The molecule has 0 atom stereocenters. The Kier molecular flexibility index (Phi) is 7.04. The van der Waals surface area contributed by atoms with E-state index in [4.69, 9.17) is 9.47 Å². The lowest BCUT2D eigenvalue weighted by atomic mass is 10.1. The molecule has 0 aliphatic rings. The standard InChI is InChI=1S/C15H21NO5S/c1-5-7-8-21-15(19)16-13-11(14(18)20-6-2)9(3)12(22-13)10(4)17/h5-8H2,1-4H3,(H,16,19). The second kappa shape index (κ2) is 8.53. The van der Waals surface area contributed by atoms with Gasteiger partial charge in [-0.25, -0.2) is 9.59 Å². The number of hydrogen-bond acceptors (Lipinski definition) is 6. The molecule has 0 aromatic carbocycles. The number of ether oxygens (including phenoxy) is 2. The van der Waals surface area contributed by atoms with E-state index in [1.807, 2.05) is 6.92 Å². The SMILES string of the molecule is CCCCOC(=O)Nc1sc(C(C)=O)c(C)c1C(=O)OCC. The molecule has 7 heteroatoms. The number of nitrogens with one attached hydrogen (secondary N) is 1. The minimum absolute atomic E-state index is 0.166. The lowest BCUT2D eigenvalue weighted by Gasteiger charge is -2.07. The van der Waals surface area contributed by atoms with Crippen molar-refractivity contribution in [2.45, 2.75) is 40.5 Å². The van der Waals surface area contributed by atoms with Crippen molar-refractivity contribution >= 4 is 34.2 Å². The fourth-order valence-corrected chi connectivity index (χ4v) is 2.90. The average Bonchev–Trinajstić information content (AvgIpc) is 2.76. The van der Waals surface area contributed by atoms with E-state index in [2.05, 4.69) is 5.32 Å². The van der Waals surface area contributed by atoms with Gasteiger partial charge in [-0.1, -0.05) is 13.3 Å². The molecule has 0 saturated heterocycles. The summed E-state index contributed by atoms with van der Waals surface area (Å²) in [6.07, 6.45) is 1.03. The maximum Gasteiger partial charge on any atom is 0.412 e. The van der Waals surface area contributed by atoms with Crippen molar-refractivity contribution in [2.24, 2.45) is 0 Å². The van der Waals surface area contributed by atoms with E-state index in [1.54, 1.807) is 13.8 Å². The van der Waals surface area contributed by atoms with Gasteiger partial charge in [0.15, 0.2) is 5.78 Å². The molecule has 0 radical (unpaired) electrons. The lowest BCUT2D eigenvalue weighted by Crippen LogP contribution is -2.16. The highest BCUT2D eigenvalue weighted by Gasteiger charge is 2.25. The largest absolute Gasteiger partial charge is 0.462 e. The number of carbonyl (C=O) groups excluding carboxylic acids is 3. The fourth-order valence-electron chi connectivity index (χ4n) is 1.82. The van der Waals surface area contributed by atoms with Crippen LogP contribution in [0, 0.1) is 6.92 Å². The highest BCUT2D eigenvalue weighted by atomic mass is 32.1. The third kappa shape index (κ3) is 4.56. The van der Waals surface area contributed by atoms with Crippen molar-refractivity contribution in [1.29, 1.82) is 0 Å². The van der Waals surface area contributed by atoms with Gasteiger partial charge in [0.05, 0.1) is 23.7 Å². The van der Waals surface area contributed by atoms with Crippen LogP contribution in [0.4, 0.5) is 9.80 Å². The number of Topliss-reactive ketones (excluding diaryl/α,β-unsaturated/α-hetero) is 1. The Bertz CT molecular complexity index is 565. The first-order chi connectivity index (χ1) is 10.4. The van der Waals surface area contributed by atoms with Gasteiger partial charge < -0.3 is 9.47 Å². The Hall–Kier alpha value is -1.89. The van der Waals surface area contributed by atoms with Crippen molar-refractivity contribution in [1.82, 2.24) is 0 Å². The first-order valence-corrected chi connectivity index (χ1v) is 7.99. The van der Waals surface area contributed by atoms with Crippen LogP contribution >= 0.6 is 11.3 Å². The van der Waals surface area contributed by atoms with Crippen molar-refractivity contribution in [3.8, 4) is 0 Å². The molecule has 0 fully saturated rings.